The molecule has 30 heavy (non-hydrogen) atoms. The van der Waals surface area contributed by atoms with Crippen LogP contribution >= 0.6 is 0 Å². The van der Waals surface area contributed by atoms with Crippen molar-refractivity contribution in [3.8, 4) is 0 Å². The molecule has 156 valence electrons. The van der Waals surface area contributed by atoms with E-state index in [0.717, 1.165) is 11.3 Å². The summed E-state index contributed by atoms with van der Waals surface area (Å²) in [5.41, 5.74) is 2.34. The molecular weight excluding hydrogens is 382 g/mol. The highest BCUT2D eigenvalue weighted by Crippen LogP contribution is 2.51. The molecule has 0 bridgehead atoms. The first-order valence-electron chi connectivity index (χ1n) is 10.1. The van der Waals surface area contributed by atoms with Crippen molar-refractivity contribution in [2.45, 2.75) is 24.9 Å². The lowest BCUT2D eigenvalue weighted by molar-refractivity contribution is -0.142. The number of carboxylic acid groups (broad SMARTS) is 1. The van der Waals surface area contributed by atoms with Gasteiger partial charge in [0.15, 0.2) is 0 Å². The average molecular weight is 407 g/mol. The van der Waals surface area contributed by atoms with E-state index in [0.29, 0.717) is 18.5 Å². The largest absolute Gasteiger partial charge is 0.480 e. The smallest absolute Gasteiger partial charge is 0.326 e. The number of anilines is 2. The molecule has 2 aromatic carbocycles. The predicted octanol–water partition coefficient (Wildman–Crippen LogP) is 3.39. The number of fused-ring (bicyclic) bond motifs is 1. The van der Waals surface area contributed by atoms with Gasteiger partial charge in [0.1, 0.15) is 11.8 Å². The number of hydrogen-bond acceptors (Lipinski definition) is 4. The summed E-state index contributed by atoms with van der Waals surface area (Å²) in [4.78, 5) is 41.5. The molecule has 0 spiro atoms. The Hall–Kier alpha value is -3.35. The number of carbonyl (C=O) groups excluding carboxylic acids is 2. The average Bonchev–Trinajstić information content (AvgIpc) is 3.26. The topological polar surface area (TPSA) is 90.0 Å². The summed E-state index contributed by atoms with van der Waals surface area (Å²) in [6, 6.07) is 14.4. The van der Waals surface area contributed by atoms with Crippen molar-refractivity contribution in [2.24, 2.45) is 11.8 Å². The van der Waals surface area contributed by atoms with Gasteiger partial charge in [-0.25, -0.2) is 9.59 Å². The van der Waals surface area contributed by atoms with Crippen LogP contribution in [-0.4, -0.2) is 47.9 Å². The van der Waals surface area contributed by atoms with Gasteiger partial charge < -0.3 is 20.2 Å². The number of nitrogens with one attached hydrogen (secondary N) is 1. The van der Waals surface area contributed by atoms with Crippen molar-refractivity contribution in [3.63, 3.8) is 0 Å². The zero-order chi connectivity index (χ0) is 21.4. The minimum atomic E-state index is -1.07. The highest BCUT2D eigenvalue weighted by Gasteiger charge is 2.59. The Balaban J connectivity index is 1.75. The van der Waals surface area contributed by atoms with E-state index >= 15 is 0 Å². The lowest BCUT2D eigenvalue weighted by atomic mass is 9.87. The van der Waals surface area contributed by atoms with Crippen LogP contribution in [0.15, 0.2) is 54.6 Å². The van der Waals surface area contributed by atoms with E-state index in [-0.39, 0.29) is 11.7 Å². The third-order valence-corrected chi connectivity index (χ3v) is 6.17. The fraction of sp³-hybridized carbons (Fsp3) is 0.348. The van der Waals surface area contributed by atoms with E-state index in [2.05, 4.69) is 5.32 Å². The van der Waals surface area contributed by atoms with Crippen LogP contribution in [0, 0.1) is 11.8 Å². The van der Waals surface area contributed by atoms with Crippen LogP contribution in [0.1, 0.15) is 24.4 Å². The van der Waals surface area contributed by atoms with Crippen LogP contribution < -0.4 is 10.2 Å². The lowest BCUT2D eigenvalue weighted by Gasteiger charge is -2.31. The monoisotopic (exact) mass is 407 g/mol. The van der Waals surface area contributed by atoms with Gasteiger partial charge >= 0.3 is 12.0 Å². The Morgan fingerprint density at radius 1 is 1.07 bits per heavy atom. The first kappa shape index (κ1) is 19.9. The Bertz CT molecular complexity index is 958. The van der Waals surface area contributed by atoms with Gasteiger partial charge in [-0.3, -0.25) is 4.79 Å². The number of para-hydroxylation sites is 1. The molecule has 1 aliphatic carbocycles. The molecule has 7 nitrogen and oxygen atoms in total. The molecule has 7 heteroatoms. The van der Waals surface area contributed by atoms with Crippen molar-refractivity contribution in [2.75, 3.05) is 24.3 Å². The first-order chi connectivity index (χ1) is 14.4. The zero-order valence-corrected chi connectivity index (χ0v) is 17.0. The maximum atomic E-state index is 13.3. The SMILES string of the molecule is CN(C)c1ccc(C2C3C(=O)CCC3C(C(=O)O)N2C(=O)Nc2ccccc2)cc1. The number of benzene rings is 2. The maximum Gasteiger partial charge on any atom is 0.326 e. The highest BCUT2D eigenvalue weighted by molar-refractivity contribution is 5.96. The number of aliphatic carboxylic acids is 1. The van der Waals surface area contributed by atoms with Crippen LogP contribution in [0.2, 0.25) is 0 Å². The Kier molecular flexibility index (Phi) is 5.20. The van der Waals surface area contributed by atoms with Crippen LogP contribution in [0.25, 0.3) is 0 Å². The van der Waals surface area contributed by atoms with Gasteiger partial charge in [0.25, 0.3) is 0 Å². The quantitative estimate of drug-likeness (QED) is 0.811. The molecule has 4 atom stereocenters. The molecule has 4 unspecified atom stereocenters. The number of rotatable bonds is 4. The molecule has 1 heterocycles. The second kappa shape index (κ2) is 7.82. The molecule has 4 rings (SSSR count). The summed E-state index contributed by atoms with van der Waals surface area (Å²) >= 11 is 0. The Labute approximate surface area is 175 Å². The molecule has 2 aromatic rings. The standard InChI is InChI=1S/C23H25N3O4/c1-25(2)16-10-8-14(9-11-16)20-19-17(12-13-18(19)27)21(22(28)29)26(20)23(30)24-15-6-4-3-5-7-15/h3-11,17,19-21H,12-13H2,1-2H3,(H,24,30)(H,28,29). The molecule has 2 amide bonds. The van der Waals surface area contributed by atoms with E-state index in [1.807, 2.05) is 49.3 Å². The van der Waals surface area contributed by atoms with Crippen molar-refractivity contribution >= 4 is 29.2 Å². The predicted molar refractivity (Wildman–Crippen MR) is 113 cm³/mol. The molecule has 2 fully saturated rings. The molecular formula is C23H25N3O4. The summed E-state index contributed by atoms with van der Waals surface area (Å²) in [6.07, 6.45) is 0.849. The number of urea groups is 1. The molecule has 2 N–H and O–H groups in total. The number of carboxylic acids is 1. The molecule has 1 saturated carbocycles. The van der Waals surface area contributed by atoms with Crippen molar-refractivity contribution in [1.82, 2.24) is 4.90 Å². The minimum absolute atomic E-state index is 0.0305. The lowest BCUT2D eigenvalue weighted by Crippen LogP contribution is -2.46. The number of carbonyl (C=O) groups is 3. The molecule has 0 radical (unpaired) electrons. The van der Waals surface area contributed by atoms with Gasteiger partial charge in [-0.1, -0.05) is 30.3 Å². The number of Topliss-reactive ketones (excluding diaryl/α,β-unsaturated/α-hetero) is 1. The summed E-state index contributed by atoms with van der Waals surface area (Å²) < 4.78 is 0. The van der Waals surface area contributed by atoms with Gasteiger partial charge in [-0.15, -0.1) is 0 Å². The zero-order valence-electron chi connectivity index (χ0n) is 17.0. The van der Waals surface area contributed by atoms with Gasteiger partial charge in [0, 0.05) is 43.7 Å². The number of amides is 2. The third kappa shape index (κ3) is 3.40. The summed E-state index contributed by atoms with van der Waals surface area (Å²) in [5, 5.41) is 12.8. The summed E-state index contributed by atoms with van der Waals surface area (Å²) in [7, 11) is 3.86. The Morgan fingerprint density at radius 2 is 1.73 bits per heavy atom. The van der Waals surface area contributed by atoms with Crippen LogP contribution in [0.4, 0.5) is 16.2 Å². The molecule has 0 aromatic heterocycles. The van der Waals surface area contributed by atoms with Gasteiger partial charge in [0.2, 0.25) is 0 Å². The van der Waals surface area contributed by atoms with Crippen LogP contribution in [0.5, 0.6) is 0 Å². The van der Waals surface area contributed by atoms with Crippen molar-refractivity contribution in [1.29, 1.82) is 0 Å². The fourth-order valence-electron chi connectivity index (χ4n) is 4.81. The van der Waals surface area contributed by atoms with Crippen LogP contribution in [-0.2, 0) is 9.59 Å². The number of nitrogens with zero attached hydrogens (tertiary/aromatic N) is 2. The van der Waals surface area contributed by atoms with Gasteiger partial charge in [-0.05, 0) is 36.2 Å². The fourth-order valence-corrected chi connectivity index (χ4v) is 4.81. The van der Waals surface area contributed by atoms with Crippen molar-refractivity contribution < 1.29 is 19.5 Å². The normalized spacial score (nSPS) is 25.1. The molecule has 2 aliphatic rings. The van der Waals surface area contributed by atoms with E-state index in [4.69, 9.17) is 0 Å². The summed E-state index contributed by atoms with van der Waals surface area (Å²) in [5.74, 6) is -1.92. The number of hydrogen-bond donors (Lipinski definition) is 2. The van der Waals surface area contributed by atoms with Gasteiger partial charge in [-0.2, -0.15) is 0 Å². The minimum Gasteiger partial charge on any atom is -0.480 e. The van der Waals surface area contributed by atoms with E-state index in [9.17, 15) is 19.5 Å². The second-order valence-corrected chi connectivity index (χ2v) is 8.11. The second-order valence-electron chi connectivity index (χ2n) is 8.11. The van der Waals surface area contributed by atoms with E-state index in [1.165, 1.54) is 4.90 Å². The summed E-state index contributed by atoms with van der Waals surface area (Å²) in [6.45, 7) is 0. The first-order valence-corrected chi connectivity index (χ1v) is 10.1. The molecule has 1 aliphatic heterocycles. The van der Waals surface area contributed by atoms with Gasteiger partial charge in [0.05, 0.1) is 6.04 Å². The third-order valence-electron chi connectivity index (χ3n) is 6.17. The van der Waals surface area contributed by atoms with Crippen LogP contribution in [0.3, 0.4) is 0 Å². The van der Waals surface area contributed by atoms with E-state index in [1.54, 1.807) is 24.3 Å². The van der Waals surface area contributed by atoms with Crippen molar-refractivity contribution in [3.05, 3.63) is 60.2 Å². The highest BCUT2D eigenvalue weighted by atomic mass is 16.4. The maximum absolute atomic E-state index is 13.3. The number of ketones is 1. The molecule has 1 saturated heterocycles. The Morgan fingerprint density at radius 3 is 2.33 bits per heavy atom. The number of likely N-dealkylation sites (tertiary alicyclic amines) is 1. The van der Waals surface area contributed by atoms with E-state index < -0.39 is 30.0 Å².